The number of nitrogens with one attached hydrogen (secondary N) is 1. The van der Waals surface area contributed by atoms with Gasteiger partial charge in [0.05, 0.1) is 13.2 Å². The van der Waals surface area contributed by atoms with Gasteiger partial charge in [-0.05, 0) is 48.9 Å². The van der Waals surface area contributed by atoms with E-state index in [0.717, 1.165) is 5.56 Å². The van der Waals surface area contributed by atoms with E-state index in [2.05, 4.69) is 11.2 Å². The molecule has 0 spiro atoms. The second kappa shape index (κ2) is 7.80. The first kappa shape index (κ1) is 18.9. The highest BCUT2D eigenvalue weighted by molar-refractivity contribution is 7.77. The van der Waals surface area contributed by atoms with E-state index in [-0.39, 0.29) is 0 Å². The lowest BCUT2D eigenvalue weighted by atomic mass is 9.95. The lowest BCUT2D eigenvalue weighted by molar-refractivity contribution is 0.414. The molecule has 5 heteroatoms. The van der Waals surface area contributed by atoms with E-state index in [1.54, 1.807) is 26.2 Å². The Morgan fingerprint density at radius 2 is 1.37 bits per heavy atom. The molecule has 0 radical (unpaired) electrons. The minimum atomic E-state index is -3.25. The molecule has 0 aliphatic heterocycles. The maximum atomic E-state index is 14.2. The second-order valence-electron chi connectivity index (χ2n) is 6.36. The van der Waals surface area contributed by atoms with Gasteiger partial charge in [-0.1, -0.05) is 48.5 Å². The van der Waals surface area contributed by atoms with Crippen LogP contribution in [0.15, 0.2) is 84.9 Å². The van der Waals surface area contributed by atoms with E-state index in [1.807, 2.05) is 72.8 Å². The Morgan fingerprint density at radius 3 is 1.78 bits per heavy atom. The summed E-state index contributed by atoms with van der Waals surface area (Å²) in [5.74, 6) is 0.702. The van der Waals surface area contributed by atoms with E-state index in [0.29, 0.717) is 16.4 Å². The maximum Gasteiger partial charge on any atom is 0.206 e. The van der Waals surface area contributed by atoms with Gasteiger partial charge >= 0.3 is 0 Å². The Morgan fingerprint density at radius 1 is 0.889 bits per heavy atom. The first-order chi connectivity index (χ1) is 13.0. The van der Waals surface area contributed by atoms with E-state index in [9.17, 15) is 9.83 Å². The summed E-state index contributed by atoms with van der Waals surface area (Å²) in [6.07, 6.45) is 0. The number of methoxy groups -OCH3 is 1. The summed E-state index contributed by atoms with van der Waals surface area (Å²) in [6, 6.07) is 28.0. The van der Waals surface area contributed by atoms with Gasteiger partial charge in [0.1, 0.15) is 11.3 Å². The summed E-state index contributed by atoms with van der Waals surface area (Å²) in [4.78, 5) is 0. The third-order valence-corrected chi connectivity index (χ3v) is 7.32. The zero-order valence-corrected chi connectivity index (χ0v) is 16.2. The highest BCUT2D eigenvalue weighted by Crippen LogP contribution is 2.43. The Hall–Kier alpha value is -2.86. The van der Waals surface area contributed by atoms with Crippen molar-refractivity contribution in [2.75, 3.05) is 7.11 Å². The predicted molar refractivity (Wildman–Crippen MR) is 109 cm³/mol. The molecule has 0 saturated heterocycles. The second-order valence-corrected chi connectivity index (χ2v) is 8.83. The van der Waals surface area contributed by atoms with Crippen molar-refractivity contribution in [2.24, 2.45) is 0 Å². The van der Waals surface area contributed by atoms with Crippen molar-refractivity contribution < 1.29 is 9.30 Å². The molecular formula is C22H21N2O2P. The van der Waals surface area contributed by atoms with Crippen LogP contribution in [0.4, 0.5) is 0 Å². The van der Waals surface area contributed by atoms with Crippen molar-refractivity contribution in [1.29, 1.82) is 5.26 Å². The molecule has 27 heavy (non-hydrogen) atoms. The van der Waals surface area contributed by atoms with Crippen molar-refractivity contribution in [3.63, 3.8) is 0 Å². The standard InChI is InChI=1S/C22H21N2O2P/c1-22(17-23,18-13-15-19(26-2)16-14-18)24-27(25,20-9-5-3-6-10-20)21-11-7-4-8-12-21/h3-16H,1-2H3,(H,24,25)/t22-/m0/s1. The van der Waals surface area contributed by atoms with Gasteiger partial charge in [-0.2, -0.15) is 5.26 Å². The molecule has 136 valence electrons. The van der Waals surface area contributed by atoms with Gasteiger partial charge in [0, 0.05) is 10.6 Å². The van der Waals surface area contributed by atoms with E-state index < -0.39 is 12.8 Å². The molecule has 0 fully saturated rings. The van der Waals surface area contributed by atoms with Crippen LogP contribution in [0.3, 0.4) is 0 Å². The predicted octanol–water partition coefficient (Wildman–Crippen LogP) is 3.95. The van der Waals surface area contributed by atoms with E-state index in [4.69, 9.17) is 4.74 Å². The zero-order valence-electron chi connectivity index (χ0n) is 15.3. The smallest absolute Gasteiger partial charge is 0.206 e. The fraction of sp³-hybridized carbons (Fsp3) is 0.136. The summed E-state index contributed by atoms with van der Waals surface area (Å²) >= 11 is 0. The normalized spacial score (nSPS) is 13.4. The fourth-order valence-electron chi connectivity index (χ4n) is 2.95. The van der Waals surface area contributed by atoms with Gasteiger partial charge in [0.2, 0.25) is 7.29 Å². The minimum absolute atomic E-state index is 0.659. The van der Waals surface area contributed by atoms with Crippen molar-refractivity contribution in [1.82, 2.24) is 5.09 Å². The molecular weight excluding hydrogens is 355 g/mol. The van der Waals surface area contributed by atoms with Crippen LogP contribution < -0.4 is 20.4 Å². The number of rotatable bonds is 6. The molecule has 0 aromatic heterocycles. The van der Waals surface area contributed by atoms with Crippen LogP contribution in [-0.4, -0.2) is 7.11 Å². The van der Waals surface area contributed by atoms with Crippen LogP contribution in [0.1, 0.15) is 12.5 Å². The Kier molecular flexibility index (Phi) is 5.46. The number of nitrogens with zero attached hydrogens (tertiary/aromatic N) is 1. The lowest BCUT2D eigenvalue weighted by Gasteiger charge is -2.30. The molecule has 1 N–H and O–H groups in total. The number of hydrogen-bond donors (Lipinski definition) is 1. The molecule has 3 aromatic carbocycles. The van der Waals surface area contributed by atoms with Crippen molar-refractivity contribution >= 4 is 17.9 Å². The van der Waals surface area contributed by atoms with Crippen LogP contribution in [0.25, 0.3) is 0 Å². The third-order valence-electron chi connectivity index (χ3n) is 4.51. The van der Waals surface area contributed by atoms with E-state index >= 15 is 0 Å². The first-order valence-electron chi connectivity index (χ1n) is 8.58. The fourth-order valence-corrected chi connectivity index (χ4v) is 5.50. The highest BCUT2D eigenvalue weighted by atomic mass is 31.2. The number of benzene rings is 3. The molecule has 0 aliphatic rings. The summed E-state index contributed by atoms with van der Waals surface area (Å²) in [5.41, 5.74) is -0.425. The van der Waals surface area contributed by atoms with Gasteiger partial charge in [-0.25, -0.2) is 5.09 Å². The molecule has 4 nitrogen and oxygen atoms in total. The van der Waals surface area contributed by atoms with Gasteiger partial charge in [0.25, 0.3) is 0 Å². The quantitative estimate of drug-likeness (QED) is 0.662. The monoisotopic (exact) mass is 376 g/mol. The average Bonchev–Trinajstić information content (AvgIpc) is 2.75. The van der Waals surface area contributed by atoms with Crippen LogP contribution >= 0.6 is 7.29 Å². The largest absolute Gasteiger partial charge is 0.497 e. The minimum Gasteiger partial charge on any atom is -0.497 e. The summed E-state index contributed by atoms with van der Waals surface area (Å²) in [7, 11) is -1.66. The number of ether oxygens (including phenoxy) is 1. The molecule has 0 unspecified atom stereocenters. The van der Waals surface area contributed by atoms with Crippen LogP contribution in [0.5, 0.6) is 5.75 Å². The van der Waals surface area contributed by atoms with Crippen LogP contribution in [0, 0.1) is 11.3 Å². The molecule has 0 amide bonds. The molecule has 1 atom stereocenters. The third kappa shape index (κ3) is 3.80. The highest BCUT2D eigenvalue weighted by Gasteiger charge is 2.37. The number of hydrogen-bond acceptors (Lipinski definition) is 3. The van der Waals surface area contributed by atoms with Crippen molar-refractivity contribution in [2.45, 2.75) is 12.5 Å². The summed E-state index contributed by atoms with van der Waals surface area (Å²) in [6.45, 7) is 1.74. The van der Waals surface area contributed by atoms with Crippen molar-refractivity contribution in [3.05, 3.63) is 90.5 Å². The lowest BCUT2D eigenvalue weighted by Crippen LogP contribution is -2.41. The van der Waals surface area contributed by atoms with Crippen molar-refractivity contribution in [3.8, 4) is 11.8 Å². The topological polar surface area (TPSA) is 62.1 Å². The molecule has 0 saturated carbocycles. The maximum absolute atomic E-state index is 14.2. The Bertz CT molecular complexity index is 939. The number of nitriles is 1. The molecule has 0 heterocycles. The van der Waals surface area contributed by atoms with Crippen LogP contribution in [-0.2, 0) is 10.1 Å². The summed E-state index contributed by atoms with van der Waals surface area (Å²) < 4.78 is 19.4. The molecule has 0 bridgehead atoms. The summed E-state index contributed by atoms with van der Waals surface area (Å²) in [5, 5.41) is 14.5. The first-order valence-corrected chi connectivity index (χ1v) is 10.3. The molecule has 3 aromatic rings. The Labute approximate surface area is 159 Å². The van der Waals surface area contributed by atoms with Gasteiger partial charge in [-0.15, -0.1) is 0 Å². The average molecular weight is 376 g/mol. The Balaban J connectivity index is 2.10. The molecule has 3 rings (SSSR count). The van der Waals surface area contributed by atoms with Crippen LogP contribution in [0.2, 0.25) is 0 Å². The SMILES string of the molecule is COc1ccc([C@](C)(C#N)NP(=O)(c2ccccc2)c2ccccc2)cc1. The van der Waals surface area contributed by atoms with Gasteiger partial charge < -0.3 is 4.74 Å². The van der Waals surface area contributed by atoms with Gasteiger partial charge in [-0.3, -0.25) is 4.57 Å². The molecule has 0 aliphatic carbocycles. The van der Waals surface area contributed by atoms with Gasteiger partial charge in [0.15, 0.2) is 0 Å². The zero-order chi connectivity index (χ0) is 19.3. The van der Waals surface area contributed by atoms with E-state index in [1.165, 1.54) is 0 Å².